The lowest BCUT2D eigenvalue weighted by Crippen LogP contribution is -2.30. The predicted octanol–water partition coefficient (Wildman–Crippen LogP) is 3.33. The highest BCUT2D eigenvalue weighted by Crippen LogP contribution is 2.66. The van der Waals surface area contributed by atoms with Crippen molar-refractivity contribution in [3.05, 3.63) is 39.9 Å². The molecule has 1 saturated carbocycles. The Morgan fingerprint density at radius 2 is 1.90 bits per heavy atom. The fraction of sp³-hybridized carbons (Fsp3) is 0.385. The van der Waals surface area contributed by atoms with Gasteiger partial charge in [-0.25, -0.2) is 5.43 Å². The molecule has 0 aliphatic heterocycles. The number of hydrazone groups is 1. The minimum atomic E-state index is -0.535. The monoisotopic (exact) mass is 417 g/mol. The van der Waals surface area contributed by atoms with Crippen LogP contribution in [0, 0.1) is 15.5 Å². The molecule has 1 aromatic carbocycles. The molecule has 1 aliphatic carbocycles. The van der Waals surface area contributed by atoms with Gasteiger partial charge in [0.2, 0.25) is 5.91 Å². The Bertz CT molecular complexity index is 628. The first-order valence-corrected chi connectivity index (χ1v) is 7.73. The number of amides is 1. The zero-order valence-electron chi connectivity index (χ0n) is 11.4. The highest BCUT2D eigenvalue weighted by molar-refractivity contribution is 9.25. The summed E-state index contributed by atoms with van der Waals surface area (Å²) >= 11 is 6.85. The molecule has 0 heterocycles. The third-order valence-corrected chi connectivity index (χ3v) is 5.89. The number of hydrogen-bond acceptors (Lipinski definition) is 4. The van der Waals surface area contributed by atoms with Crippen LogP contribution in [0.5, 0.6) is 0 Å². The maximum atomic E-state index is 12.1. The number of rotatable bonds is 4. The van der Waals surface area contributed by atoms with Crippen molar-refractivity contribution >= 4 is 49.2 Å². The largest absolute Gasteiger partial charge is 0.272 e. The van der Waals surface area contributed by atoms with E-state index in [2.05, 4.69) is 42.4 Å². The summed E-state index contributed by atoms with van der Waals surface area (Å²) in [6.07, 6.45) is 0.679. The lowest BCUT2D eigenvalue weighted by atomic mass is 10.1. The highest BCUT2D eigenvalue weighted by atomic mass is 79.9. The number of nitro groups is 1. The van der Waals surface area contributed by atoms with Crippen LogP contribution in [-0.2, 0) is 4.79 Å². The second kappa shape index (κ2) is 5.49. The van der Waals surface area contributed by atoms with E-state index in [1.165, 1.54) is 12.1 Å². The molecule has 1 fully saturated rings. The second-order valence-electron chi connectivity index (χ2n) is 5.16. The number of benzene rings is 1. The molecule has 0 aromatic heterocycles. The average molecular weight is 419 g/mol. The summed E-state index contributed by atoms with van der Waals surface area (Å²) in [7, 11) is 0. The maximum Gasteiger partial charge on any atom is 0.269 e. The third kappa shape index (κ3) is 3.16. The standard InChI is InChI=1S/C13H13Br2N3O3/c1-8(9-3-5-10(6-4-9)18(20)21)16-17-11(19)12(2)7-13(12,14)15/h3-6H,7H2,1-2H3,(H,17,19)/b16-8-/t12-/m1/s1. The number of carbonyl (C=O) groups excluding carboxylic acids is 1. The normalized spacial score (nSPS) is 23.5. The predicted molar refractivity (Wildman–Crippen MR) is 86.8 cm³/mol. The number of alkyl halides is 2. The van der Waals surface area contributed by atoms with E-state index in [9.17, 15) is 14.9 Å². The van der Waals surface area contributed by atoms with E-state index in [1.807, 2.05) is 6.92 Å². The smallest absolute Gasteiger partial charge is 0.269 e. The zero-order chi connectivity index (χ0) is 15.8. The molecular weight excluding hydrogens is 406 g/mol. The molecule has 2 rings (SSSR count). The molecule has 21 heavy (non-hydrogen) atoms. The van der Waals surface area contributed by atoms with Crippen LogP contribution in [0.4, 0.5) is 5.69 Å². The summed E-state index contributed by atoms with van der Waals surface area (Å²) in [6, 6.07) is 6.00. The van der Waals surface area contributed by atoms with Gasteiger partial charge in [0.25, 0.3) is 5.69 Å². The third-order valence-electron chi connectivity index (χ3n) is 3.58. The number of halogens is 2. The van der Waals surface area contributed by atoms with Crippen molar-refractivity contribution in [3.63, 3.8) is 0 Å². The summed E-state index contributed by atoms with van der Waals surface area (Å²) in [5, 5.41) is 14.6. The molecule has 8 heteroatoms. The number of nitro benzene ring substituents is 1. The molecule has 6 nitrogen and oxygen atoms in total. The van der Waals surface area contributed by atoms with Gasteiger partial charge in [-0.15, -0.1) is 0 Å². The molecule has 0 saturated heterocycles. The van der Waals surface area contributed by atoms with Crippen LogP contribution in [0.3, 0.4) is 0 Å². The first-order chi connectivity index (χ1) is 9.67. The van der Waals surface area contributed by atoms with Gasteiger partial charge in [-0.05, 0) is 38.0 Å². The van der Waals surface area contributed by atoms with Crippen molar-refractivity contribution in [1.82, 2.24) is 5.43 Å². The van der Waals surface area contributed by atoms with E-state index in [-0.39, 0.29) is 14.8 Å². The molecule has 1 atom stereocenters. The Morgan fingerprint density at radius 3 is 2.33 bits per heavy atom. The molecule has 0 unspecified atom stereocenters. The van der Waals surface area contributed by atoms with Crippen molar-refractivity contribution in [2.24, 2.45) is 10.5 Å². The average Bonchev–Trinajstić information content (AvgIpc) is 2.96. The first kappa shape index (κ1) is 16.1. The van der Waals surface area contributed by atoms with Gasteiger partial charge in [-0.2, -0.15) is 5.10 Å². The van der Waals surface area contributed by atoms with Gasteiger partial charge in [-0.1, -0.05) is 31.9 Å². The Morgan fingerprint density at radius 1 is 1.38 bits per heavy atom. The number of carbonyl (C=O) groups is 1. The lowest BCUT2D eigenvalue weighted by molar-refractivity contribution is -0.384. The van der Waals surface area contributed by atoms with Crippen LogP contribution < -0.4 is 5.43 Å². The highest BCUT2D eigenvalue weighted by Gasteiger charge is 2.66. The minimum absolute atomic E-state index is 0.0180. The fourth-order valence-electron chi connectivity index (χ4n) is 1.79. The number of hydrogen-bond donors (Lipinski definition) is 1. The molecule has 0 bridgehead atoms. The van der Waals surface area contributed by atoms with E-state index in [0.29, 0.717) is 17.7 Å². The van der Waals surface area contributed by atoms with Crippen molar-refractivity contribution in [1.29, 1.82) is 0 Å². The van der Waals surface area contributed by atoms with E-state index in [4.69, 9.17) is 0 Å². The summed E-state index contributed by atoms with van der Waals surface area (Å²) in [5.74, 6) is -0.183. The summed E-state index contributed by atoms with van der Waals surface area (Å²) in [5.41, 5.74) is 3.31. The summed E-state index contributed by atoms with van der Waals surface area (Å²) in [4.78, 5) is 22.2. The Kier molecular flexibility index (Phi) is 4.21. The second-order valence-corrected chi connectivity index (χ2v) is 8.93. The van der Waals surface area contributed by atoms with Gasteiger partial charge in [0.1, 0.15) is 0 Å². The van der Waals surface area contributed by atoms with Crippen LogP contribution in [-0.4, -0.2) is 19.8 Å². The van der Waals surface area contributed by atoms with Crippen LogP contribution in [0.1, 0.15) is 25.8 Å². The molecule has 1 aromatic rings. The molecule has 0 spiro atoms. The first-order valence-electron chi connectivity index (χ1n) is 6.15. The number of non-ortho nitro benzene ring substituents is 1. The van der Waals surface area contributed by atoms with Gasteiger partial charge in [0, 0.05) is 12.1 Å². The van der Waals surface area contributed by atoms with Crippen LogP contribution in [0.15, 0.2) is 29.4 Å². The molecule has 1 N–H and O–H groups in total. The Balaban J connectivity index is 2.05. The quantitative estimate of drug-likeness (QED) is 0.352. The SMILES string of the molecule is C/C(=N/NC(=O)[C@@]1(C)CC1(Br)Br)c1ccc([N+](=O)[O-])cc1. The molecule has 112 valence electrons. The molecule has 0 radical (unpaired) electrons. The van der Waals surface area contributed by atoms with Crippen molar-refractivity contribution < 1.29 is 9.72 Å². The van der Waals surface area contributed by atoms with Crippen molar-refractivity contribution in [2.45, 2.75) is 23.5 Å². The Labute approximate surface area is 138 Å². The van der Waals surface area contributed by atoms with Gasteiger partial charge in [-0.3, -0.25) is 14.9 Å². The van der Waals surface area contributed by atoms with Gasteiger partial charge in [0.15, 0.2) is 0 Å². The molecular formula is C13H13Br2N3O3. The van der Waals surface area contributed by atoms with Crippen molar-refractivity contribution in [3.8, 4) is 0 Å². The fourth-order valence-corrected chi connectivity index (χ4v) is 3.27. The van der Waals surface area contributed by atoms with E-state index in [1.54, 1.807) is 19.1 Å². The minimum Gasteiger partial charge on any atom is -0.272 e. The van der Waals surface area contributed by atoms with Crippen molar-refractivity contribution in [2.75, 3.05) is 0 Å². The van der Waals surface area contributed by atoms with Crippen LogP contribution in [0.2, 0.25) is 0 Å². The number of nitrogens with one attached hydrogen (secondary N) is 1. The van der Waals surface area contributed by atoms with Gasteiger partial charge < -0.3 is 0 Å². The van der Waals surface area contributed by atoms with Crippen LogP contribution in [0.25, 0.3) is 0 Å². The summed E-state index contributed by atoms with van der Waals surface area (Å²) in [6.45, 7) is 3.56. The topological polar surface area (TPSA) is 84.6 Å². The molecule has 1 amide bonds. The maximum absolute atomic E-state index is 12.1. The van der Waals surface area contributed by atoms with Gasteiger partial charge in [0.05, 0.1) is 19.3 Å². The Hall–Kier alpha value is -1.28. The van der Waals surface area contributed by atoms with E-state index < -0.39 is 10.3 Å². The van der Waals surface area contributed by atoms with Gasteiger partial charge >= 0.3 is 0 Å². The molecule has 1 aliphatic rings. The summed E-state index contributed by atoms with van der Waals surface area (Å²) < 4.78 is -0.367. The van der Waals surface area contributed by atoms with E-state index in [0.717, 1.165) is 0 Å². The number of nitrogens with zero attached hydrogens (tertiary/aromatic N) is 2. The lowest BCUT2D eigenvalue weighted by Gasteiger charge is -2.10. The zero-order valence-corrected chi connectivity index (χ0v) is 14.6. The van der Waals surface area contributed by atoms with Crippen LogP contribution >= 0.6 is 31.9 Å². The van der Waals surface area contributed by atoms with E-state index >= 15 is 0 Å².